The van der Waals surface area contributed by atoms with Crippen molar-refractivity contribution in [1.82, 2.24) is 24.4 Å². The van der Waals surface area contributed by atoms with Gasteiger partial charge < -0.3 is 19.7 Å². The molecule has 0 spiro atoms. The summed E-state index contributed by atoms with van der Waals surface area (Å²) in [6, 6.07) is 14.7. The summed E-state index contributed by atoms with van der Waals surface area (Å²) in [6.07, 6.45) is 2.06. The molecule has 3 aromatic heterocycles. The molecule has 15 heteroatoms. The number of nitrogens with zero attached hydrogens (tertiary/aromatic N) is 5. The minimum Gasteiger partial charge on any atom is -0.425 e. The molecule has 1 N–H and O–H groups in total. The van der Waals surface area contributed by atoms with Crippen LogP contribution in [0.1, 0.15) is 42.3 Å². The van der Waals surface area contributed by atoms with Crippen LogP contribution in [0, 0.1) is 12.7 Å². The SMILES string of the molecule is CC.CC(F)F.Cc1cc(N2CCOCC2)cc(F)c1C(=O)N[C@@H](Cc1ccc(-n2c(=O)c3ccncc3n(C)c2=O)nc1)C(=O)Oc1ccccc1. The zero-order chi connectivity index (χ0) is 38.7. The van der Waals surface area contributed by atoms with Crippen molar-refractivity contribution in [3.05, 3.63) is 123 Å². The lowest BCUT2D eigenvalue weighted by molar-refractivity contribution is -0.136. The van der Waals surface area contributed by atoms with Crippen LogP contribution in [-0.2, 0) is 23.0 Å². The number of pyridine rings is 2. The number of carbonyl (C=O) groups excluding carboxylic acids is 2. The van der Waals surface area contributed by atoms with E-state index in [1.54, 1.807) is 49.4 Å². The molecule has 1 aliphatic heterocycles. The van der Waals surface area contributed by atoms with Crippen molar-refractivity contribution in [1.29, 1.82) is 0 Å². The van der Waals surface area contributed by atoms with E-state index in [2.05, 4.69) is 15.3 Å². The zero-order valence-electron chi connectivity index (χ0n) is 30.0. The van der Waals surface area contributed by atoms with Crippen LogP contribution < -0.4 is 26.2 Å². The van der Waals surface area contributed by atoms with Crippen molar-refractivity contribution in [2.24, 2.45) is 7.05 Å². The number of hydrogen-bond donors (Lipinski definition) is 1. The van der Waals surface area contributed by atoms with E-state index in [-0.39, 0.29) is 23.6 Å². The van der Waals surface area contributed by atoms with Gasteiger partial charge >= 0.3 is 11.7 Å². The van der Waals surface area contributed by atoms with E-state index in [1.807, 2.05) is 18.7 Å². The summed E-state index contributed by atoms with van der Waals surface area (Å²) < 4.78 is 49.3. The van der Waals surface area contributed by atoms with Crippen molar-refractivity contribution >= 4 is 28.5 Å². The number of esters is 1. The largest absolute Gasteiger partial charge is 0.425 e. The molecule has 1 aliphatic rings. The highest BCUT2D eigenvalue weighted by Gasteiger charge is 2.27. The van der Waals surface area contributed by atoms with E-state index in [0.29, 0.717) is 54.0 Å². The maximum Gasteiger partial charge on any atom is 0.337 e. The number of amides is 1. The van der Waals surface area contributed by atoms with E-state index in [1.165, 1.54) is 48.4 Å². The minimum absolute atomic E-state index is 0.0727. The molecule has 2 aromatic carbocycles. The fourth-order valence-corrected chi connectivity index (χ4v) is 5.52. The molecule has 0 saturated carbocycles. The zero-order valence-corrected chi connectivity index (χ0v) is 30.0. The van der Waals surface area contributed by atoms with Gasteiger partial charge in [-0.2, -0.15) is 0 Å². The monoisotopic (exact) mass is 734 g/mol. The summed E-state index contributed by atoms with van der Waals surface area (Å²) in [5, 5.41) is 2.94. The third kappa shape index (κ3) is 9.95. The first-order valence-electron chi connectivity index (χ1n) is 16.9. The topological polar surface area (TPSA) is 138 Å². The van der Waals surface area contributed by atoms with Crippen LogP contribution in [0.5, 0.6) is 5.75 Å². The van der Waals surface area contributed by atoms with Crippen molar-refractivity contribution in [2.75, 3.05) is 31.2 Å². The molecule has 0 radical (unpaired) electrons. The van der Waals surface area contributed by atoms with Gasteiger partial charge in [0.05, 0.1) is 35.9 Å². The second-order valence-corrected chi connectivity index (χ2v) is 11.6. The third-order valence-electron chi connectivity index (χ3n) is 7.98. The van der Waals surface area contributed by atoms with Crippen LogP contribution in [0.15, 0.2) is 88.8 Å². The van der Waals surface area contributed by atoms with Crippen LogP contribution >= 0.6 is 0 Å². The lowest BCUT2D eigenvalue weighted by Gasteiger charge is -2.29. The standard InChI is InChI=1S/C34H31FN6O6.C2H4F2.C2H6/c1-21-16-23(40-12-14-46-15-13-40)18-26(35)30(21)31(42)38-27(33(44)47-24-6-4-3-5-7-24)17-22-8-9-29(37-19-22)41-32(43)25-10-11-36-20-28(25)39(2)34(41)45;1-2(3)4;1-2/h3-11,16,18-20,27H,12-15,17H2,1-2H3,(H,38,42);2H,1H3;1-2H3/t27-;;/m0../s1. The van der Waals surface area contributed by atoms with Crippen LogP contribution in [0.2, 0.25) is 0 Å². The van der Waals surface area contributed by atoms with Gasteiger partial charge in [0.2, 0.25) is 6.43 Å². The molecule has 0 bridgehead atoms. The number of aryl methyl sites for hydroxylation is 2. The maximum atomic E-state index is 15.4. The van der Waals surface area contributed by atoms with Gasteiger partial charge in [-0.05, 0) is 61.4 Å². The average Bonchev–Trinajstić information content (AvgIpc) is 3.15. The fourth-order valence-electron chi connectivity index (χ4n) is 5.52. The van der Waals surface area contributed by atoms with Crippen molar-refractivity contribution in [3.63, 3.8) is 0 Å². The Kier molecular flexibility index (Phi) is 14.0. The van der Waals surface area contributed by atoms with E-state index in [9.17, 15) is 28.0 Å². The minimum atomic E-state index is -2.17. The first-order chi connectivity index (χ1) is 25.4. The number of carbonyl (C=O) groups is 2. The molecule has 1 amide bonds. The van der Waals surface area contributed by atoms with Crippen LogP contribution in [0.3, 0.4) is 0 Å². The highest BCUT2D eigenvalue weighted by Crippen LogP contribution is 2.24. The second-order valence-electron chi connectivity index (χ2n) is 11.6. The Morgan fingerprint density at radius 3 is 2.30 bits per heavy atom. The first kappa shape index (κ1) is 39.9. The van der Waals surface area contributed by atoms with Gasteiger partial charge in [0.1, 0.15) is 23.4 Å². The van der Waals surface area contributed by atoms with Crippen molar-refractivity contribution in [3.8, 4) is 11.6 Å². The maximum absolute atomic E-state index is 15.4. The van der Waals surface area contributed by atoms with E-state index in [4.69, 9.17) is 9.47 Å². The van der Waals surface area contributed by atoms with E-state index >= 15 is 4.39 Å². The molecular formula is C38H41F3N6O6. The molecule has 1 atom stereocenters. The Bertz CT molecular complexity index is 2110. The Balaban J connectivity index is 0.000000980. The number of para-hydroxylation sites is 1. The molecule has 0 aliphatic carbocycles. The molecule has 1 saturated heterocycles. The predicted molar refractivity (Wildman–Crippen MR) is 195 cm³/mol. The van der Waals surface area contributed by atoms with Gasteiger partial charge in [-0.1, -0.05) is 38.1 Å². The van der Waals surface area contributed by atoms with Crippen LogP contribution in [-0.4, -0.2) is 69.7 Å². The fraction of sp³-hybridized carbons (Fsp3) is 0.316. The molecule has 280 valence electrons. The smallest absolute Gasteiger partial charge is 0.337 e. The number of nitrogens with one attached hydrogen (secondary N) is 1. The number of fused-ring (bicyclic) bond motifs is 1. The van der Waals surface area contributed by atoms with Crippen molar-refractivity contribution in [2.45, 2.75) is 46.6 Å². The number of ether oxygens (including phenoxy) is 2. The highest BCUT2D eigenvalue weighted by atomic mass is 19.3. The Morgan fingerprint density at radius 2 is 1.68 bits per heavy atom. The summed E-state index contributed by atoms with van der Waals surface area (Å²) in [5.41, 5.74) is 0.567. The number of benzene rings is 2. The Hall–Kier alpha value is -5.83. The average molecular weight is 735 g/mol. The number of morpholine rings is 1. The highest BCUT2D eigenvalue weighted by molar-refractivity contribution is 5.99. The first-order valence-corrected chi connectivity index (χ1v) is 16.9. The molecule has 0 unspecified atom stereocenters. The molecular weight excluding hydrogens is 693 g/mol. The van der Waals surface area contributed by atoms with Gasteiger partial charge in [0.25, 0.3) is 11.5 Å². The lowest BCUT2D eigenvalue weighted by atomic mass is 10.0. The number of hydrogen-bond acceptors (Lipinski definition) is 9. The predicted octanol–water partition coefficient (Wildman–Crippen LogP) is 5.01. The normalized spacial score (nSPS) is 13.0. The number of alkyl halides is 2. The summed E-state index contributed by atoms with van der Waals surface area (Å²) in [4.78, 5) is 63.4. The second kappa shape index (κ2) is 18.6. The van der Waals surface area contributed by atoms with Gasteiger partial charge in [0.15, 0.2) is 0 Å². The summed E-state index contributed by atoms with van der Waals surface area (Å²) >= 11 is 0. The summed E-state index contributed by atoms with van der Waals surface area (Å²) in [6.45, 7) is 8.73. The number of anilines is 1. The Morgan fingerprint density at radius 1 is 1.00 bits per heavy atom. The number of halogens is 3. The molecule has 4 heterocycles. The summed E-state index contributed by atoms with van der Waals surface area (Å²) in [5.74, 6) is -1.94. The quantitative estimate of drug-likeness (QED) is 0.172. The van der Waals surface area contributed by atoms with E-state index in [0.717, 1.165) is 11.5 Å². The molecule has 1 fully saturated rings. The van der Waals surface area contributed by atoms with Gasteiger partial charge in [-0.25, -0.2) is 32.3 Å². The molecule has 12 nitrogen and oxygen atoms in total. The number of rotatable bonds is 8. The molecule has 53 heavy (non-hydrogen) atoms. The molecule has 5 aromatic rings. The third-order valence-corrected chi connectivity index (χ3v) is 7.98. The van der Waals surface area contributed by atoms with Gasteiger partial charge in [-0.3, -0.25) is 19.1 Å². The Labute approximate surface area is 303 Å². The van der Waals surface area contributed by atoms with Gasteiger partial charge in [0, 0.05) is 44.6 Å². The van der Waals surface area contributed by atoms with Crippen LogP contribution in [0.25, 0.3) is 16.7 Å². The van der Waals surface area contributed by atoms with E-state index < -0.39 is 41.4 Å². The lowest BCUT2D eigenvalue weighted by Crippen LogP contribution is -2.45. The van der Waals surface area contributed by atoms with Gasteiger partial charge in [-0.15, -0.1) is 0 Å². The number of aromatic nitrogens is 4. The molecule has 6 rings (SSSR count). The van der Waals surface area contributed by atoms with Crippen molar-refractivity contribution < 1.29 is 32.2 Å². The summed E-state index contributed by atoms with van der Waals surface area (Å²) in [7, 11) is 1.53. The van der Waals surface area contributed by atoms with Crippen LogP contribution in [0.4, 0.5) is 18.9 Å².